The molecule has 3 aromatic rings. The zero-order valence-corrected chi connectivity index (χ0v) is 15.8. The molecule has 5 heterocycles. The highest BCUT2D eigenvalue weighted by atomic mass is 32.1. The normalized spacial score (nSPS) is 18.4. The molecule has 0 aromatic carbocycles. The number of carbonyl (C=O) groups excluding carboxylic acids is 1. The number of carboxylic acids is 1. The second-order valence-electron chi connectivity index (χ2n) is 7.14. The predicted molar refractivity (Wildman–Crippen MR) is 101 cm³/mol. The van der Waals surface area contributed by atoms with Gasteiger partial charge < -0.3 is 14.7 Å². The molecule has 9 heteroatoms. The van der Waals surface area contributed by atoms with Crippen molar-refractivity contribution in [3.63, 3.8) is 0 Å². The quantitative estimate of drug-likeness (QED) is 0.711. The van der Waals surface area contributed by atoms with E-state index in [1.165, 1.54) is 11.3 Å². The highest BCUT2D eigenvalue weighted by molar-refractivity contribution is 7.14. The topological polar surface area (TPSA) is 97.0 Å². The molecule has 0 radical (unpaired) electrons. The third-order valence-corrected chi connectivity index (χ3v) is 6.95. The summed E-state index contributed by atoms with van der Waals surface area (Å²) in [6.07, 6.45) is 5.43. The van der Waals surface area contributed by atoms with Crippen molar-refractivity contribution in [1.82, 2.24) is 19.5 Å². The Hall–Kier alpha value is -2.78. The minimum Gasteiger partial charge on any atom is -0.477 e. The van der Waals surface area contributed by atoms with E-state index in [1.54, 1.807) is 22.9 Å². The minimum absolute atomic E-state index is 0.0677. The smallest absolute Gasteiger partial charge is 0.345 e. The second kappa shape index (κ2) is 6.39. The number of carboxylic acid groups (broad SMARTS) is 1. The number of rotatable bonds is 2. The number of hydrogen-bond acceptors (Lipinski definition) is 6. The van der Waals surface area contributed by atoms with Gasteiger partial charge in [0.1, 0.15) is 16.8 Å². The summed E-state index contributed by atoms with van der Waals surface area (Å²) in [5.74, 6) is -0.967. The van der Waals surface area contributed by atoms with E-state index in [0.717, 1.165) is 16.9 Å². The number of amides is 1. The summed E-state index contributed by atoms with van der Waals surface area (Å²) in [5, 5.41) is 17.3. The maximum Gasteiger partial charge on any atom is 0.345 e. The van der Waals surface area contributed by atoms with E-state index >= 15 is 0 Å². The van der Waals surface area contributed by atoms with Crippen LogP contribution >= 0.6 is 11.3 Å². The first-order valence-electron chi connectivity index (χ1n) is 9.15. The first kappa shape index (κ1) is 17.3. The largest absolute Gasteiger partial charge is 0.477 e. The molecule has 0 unspecified atom stereocenters. The van der Waals surface area contributed by atoms with E-state index < -0.39 is 11.6 Å². The molecule has 28 heavy (non-hydrogen) atoms. The summed E-state index contributed by atoms with van der Waals surface area (Å²) in [6, 6.07) is 5.35. The van der Waals surface area contributed by atoms with Crippen LogP contribution < -0.4 is 0 Å². The molecule has 0 aliphatic carbocycles. The summed E-state index contributed by atoms with van der Waals surface area (Å²) in [4.78, 5) is 27.6. The molecule has 5 rings (SSSR count). The first-order chi connectivity index (χ1) is 13.6. The van der Waals surface area contributed by atoms with Crippen molar-refractivity contribution >= 4 is 28.9 Å². The van der Waals surface area contributed by atoms with Gasteiger partial charge in [-0.15, -0.1) is 21.5 Å². The second-order valence-corrected chi connectivity index (χ2v) is 8.19. The van der Waals surface area contributed by atoms with E-state index in [1.807, 2.05) is 17.2 Å². The first-order valence-corrected chi connectivity index (χ1v) is 9.97. The lowest BCUT2D eigenvalue weighted by atomic mass is 9.85. The zero-order valence-electron chi connectivity index (χ0n) is 15.0. The Bertz CT molecular complexity index is 1080. The number of hydrogen-bond donors (Lipinski definition) is 1. The summed E-state index contributed by atoms with van der Waals surface area (Å²) in [6.45, 7) is 1.68. The van der Waals surface area contributed by atoms with Crippen LogP contribution in [-0.2, 0) is 16.8 Å². The van der Waals surface area contributed by atoms with Crippen LogP contribution in [-0.4, -0.2) is 56.2 Å². The summed E-state index contributed by atoms with van der Waals surface area (Å²) < 4.78 is 7.90. The Balaban J connectivity index is 1.39. The standard InChI is InChI=1S/C19H18N4O4S/c24-17(13-2-1-6-23-11-20-21-16(13)23)22-7-4-19(5-8-22)15-12(3-9-27-19)10-14(28-15)18(25)26/h1-2,6,10-11H,3-5,7-9H2,(H,25,26). The lowest BCUT2D eigenvalue weighted by Crippen LogP contribution is -2.48. The van der Waals surface area contributed by atoms with Crippen molar-refractivity contribution in [2.24, 2.45) is 0 Å². The number of nitrogens with zero attached hydrogens (tertiary/aromatic N) is 4. The number of likely N-dealkylation sites (tertiary alicyclic amines) is 1. The molecule has 0 atom stereocenters. The van der Waals surface area contributed by atoms with Gasteiger partial charge in [-0.3, -0.25) is 9.20 Å². The fraction of sp³-hybridized carbons (Fsp3) is 0.368. The monoisotopic (exact) mass is 398 g/mol. The molecule has 3 aromatic heterocycles. The SMILES string of the molecule is O=C(O)c1cc2c(s1)C1(CCN(C(=O)c3cccn4cnnc34)CC1)OCC2. The molecule has 2 aliphatic heterocycles. The molecule has 0 saturated carbocycles. The van der Waals surface area contributed by atoms with Gasteiger partial charge in [-0.05, 0) is 43.0 Å². The van der Waals surface area contributed by atoms with Crippen molar-refractivity contribution in [2.45, 2.75) is 24.9 Å². The number of aromatic carboxylic acids is 1. The fourth-order valence-electron chi connectivity index (χ4n) is 4.16. The molecule has 1 saturated heterocycles. The number of pyridine rings is 1. The van der Waals surface area contributed by atoms with Gasteiger partial charge in [0.25, 0.3) is 5.91 Å². The van der Waals surface area contributed by atoms with E-state index in [2.05, 4.69) is 10.2 Å². The van der Waals surface area contributed by atoms with Crippen LogP contribution in [0.15, 0.2) is 30.7 Å². The highest BCUT2D eigenvalue weighted by Gasteiger charge is 2.43. The van der Waals surface area contributed by atoms with E-state index in [-0.39, 0.29) is 5.91 Å². The average Bonchev–Trinajstić information content (AvgIpc) is 3.36. The van der Waals surface area contributed by atoms with Crippen LogP contribution in [0.1, 0.15) is 43.3 Å². The number of ether oxygens (including phenoxy) is 1. The highest BCUT2D eigenvalue weighted by Crippen LogP contribution is 2.45. The average molecular weight is 398 g/mol. The van der Waals surface area contributed by atoms with Gasteiger partial charge in [0.15, 0.2) is 5.65 Å². The van der Waals surface area contributed by atoms with Crippen LogP contribution in [0.2, 0.25) is 0 Å². The molecule has 8 nitrogen and oxygen atoms in total. The number of aromatic nitrogens is 3. The number of carbonyl (C=O) groups is 2. The maximum atomic E-state index is 13.1. The van der Waals surface area contributed by atoms with Crippen LogP contribution in [0.5, 0.6) is 0 Å². The summed E-state index contributed by atoms with van der Waals surface area (Å²) >= 11 is 1.31. The fourth-order valence-corrected chi connectivity index (χ4v) is 5.41. The third-order valence-electron chi connectivity index (χ3n) is 5.60. The van der Waals surface area contributed by atoms with Crippen LogP contribution in [0, 0.1) is 0 Å². The van der Waals surface area contributed by atoms with Crippen LogP contribution in [0.4, 0.5) is 0 Å². The molecule has 2 aliphatic rings. The molecule has 0 bridgehead atoms. The van der Waals surface area contributed by atoms with E-state index in [9.17, 15) is 14.7 Å². The van der Waals surface area contributed by atoms with Crippen molar-refractivity contribution in [3.05, 3.63) is 51.6 Å². The molecular weight excluding hydrogens is 380 g/mol. The Morgan fingerprint density at radius 1 is 1.29 bits per heavy atom. The van der Waals surface area contributed by atoms with Crippen molar-refractivity contribution in [2.75, 3.05) is 19.7 Å². The number of thiophene rings is 1. The number of piperidine rings is 1. The van der Waals surface area contributed by atoms with Crippen molar-refractivity contribution in [3.8, 4) is 0 Å². The molecule has 1 N–H and O–H groups in total. The molecular formula is C19H18N4O4S. The van der Waals surface area contributed by atoms with Crippen LogP contribution in [0.3, 0.4) is 0 Å². The zero-order chi connectivity index (χ0) is 19.3. The van der Waals surface area contributed by atoms with Gasteiger partial charge in [-0.2, -0.15) is 0 Å². The van der Waals surface area contributed by atoms with Gasteiger partial charge in [0, 0.05) is 24.2 Å². The summed E-state index contributed by atoms with van der Waals surface area (Å²) in [5.41, 5.74) is 1.67. The van der Waals surface area contributed by atoms with Crippen LogP contribution in [0.25, 0.3) is 5.65 Å². The lowest BCUT2D eigenvalue weighted by Gasteiger charge is -2.43. The van der Waals surface area contributed by atoms with Gasteiger partial charge in [-0.1, -0.05) is 0 Å². The Labute approximate surface area is 164 Å². The maximum absolute atomic E-state index is 13.1. The molecule has 144 valence electrons. The van der Waals surface area contributed by atoms with Crippen molar-refractivity contribution < 1.29 is 19.4 Å². The van der Waals surface area contributed by atoms with E-state index in [4.69, 9.17) is 4.74 Å². The summed E-state index contributed by atoms with van der Waals surface area (Å²) in [7, 11) is 0. The van der Waals surface area contributed by atoms with Gasteiger partial charge in [0.2, 0.25) is 0 Å². The Morgan fingerprint density at radius 2 is 2.11 bits per heavy atom. The lowest BCUT2D eigenvalue weighted by molar-refractivity contribution is -0.0906. The van der Waals surface area contributed by atoms with Gasteiger partial charge in [0.05, 0.1) is 12.2 Å². The van der Waals surface area contributed by atoms with Gasteiger partial charge in [-0.25, -0.2) is 4.79 Å². The van der Waals surface area contributed by atoms with Gasteiger partial charge >= 0.3 is 5.97 Å². The number of fused-ring (bicyclic) bond motifs is 3. The van der Waals surface area contributed by atoms with E-state index in [0.29, 0.717) is 48.6 Å². The molecule has 1 spiro atoms. The predicted octanol–water partition coefficient (Wildman–Crippen LogP) is 2.19. The molecule has 1 fully saturated rings. The molecule has 1 amide bonds. The third kappa shape index (κ3) is 2.61. The minimum atomic E-state index is -0.899. The Kier molecular flexibility index (Phi) is 3.95. The van der Waals surface area contributed by atoms with Crippen molar-refractivity contribution in [1.29, 1.82) is 0 Å². The Morgan fingerprint density at radius 3 is 2.89 bits per heavy atom.